The molecule has 5 heterocycles. The van der Waals surface area contributed by atoms with Crippen molar-refractivity contribution in [1.82, 2.24) is 25.8 Å². The summed E-state index contributed by atoms with van der Waals surface area (Å²) in [5.74, 6) is 3.72. The van der Waals surface area contributed by atoms with E-state index >= 15 is 0 Å². The lowest BCUT2D eigenvalue weighted by atomic mass is 9.99. The largest absolute Gasteiger partial charge is 0.426 e. The Balaban J connectivity index is 1.27. The highest BCUT2D eigenvalue weighted by molar-refractivity contribution is 6.04. The maximum atomic E-state index is 13.7. The third-order valence-electron chi connectivity index (χ3n) is 7.23. The van der Waals surface area contributed by atoms with Gasteiger partial charge in [-0.15, -0.1) is 12.3 Å². The molecule has 0 aliphatic carbocycles. The Bertz CT molecular complexity index is 1480. The summed E-state index contributed by atoms with van der Waals surface area (Å²) in [6, 6.07) is 10.8. The van der Waals surface area contributed by atoms with Gasteiger partial charge in [0.15, 0.2) is 5.82 Å². The van der Waals surface area contributed by atoms with Crippen molar-refractivity contribution in [2.75, 3.05) is 40.1 Å². The Kier molecular flexibility index (Phi) is 6.44. The number of amides is 2. The molecule has 2 fully saturated rings. The second-order valence-electron chi connectivity index (χ2n) is 9.81. The molecule has 2 bridgehead atoms. The van der Waals surface area contributed by atoms with E-state index in [1.165, 1.54) is 12.1 Å². The highest BCUT2D eigenvalue weighted by Crippen LogP contribution is 2.44. The number of aromatic nitrogens is 3. The molecule has 40 heavy (non-hydrogen) atoms. The zero-order valence-corrected chi connectivity index (χ0v) is 21.3. The van der Waals surface area contributed by atoms with Gasteiger partial charge in [-0.05, 0) is 42.7 Å². The first-order chi connectivity index (χ1) is 19.3. The van der Waals surface area contributed by atoms with E-state index in [1.807, 2.05) is 6.07 Å². The Morgan fingerprint density at radius 3 is 2.83 bits per heavy atom. The minimum atomic E-state index is -4.52. The number of unbranched alkanes of at least 4 members (excludes halogenated alkanes) is 1. The molecule has 3 aliphatic rings. The third-order valence-corrected chi connectivity index (χ3v) is 7.23. The molecule has 6 rings (SSSR count). The number of alkyl halides is 3. The van der Waals surface area contributed by atoms with E-state index in [9.17, 15) is 18.0 Å². The molecule has 1 aromatic carbocycles. The summed E-state index contributed by atoms with van der Waals surface area (Å²) in [5, 5.41) is 5.94. The molecule has 4 N–H and O–H groups in total. The van der Waals surface area contributed by atoms with Crippen LogP contribution in [-0.4, -0.2) is 52.8 Å². The smallest absolute Gasteiger partial charge is 0.366 e. The first-order valence-corrected chi connectivity index (χ1v) is 12.9. The molecule has 3 aliphatic heterocycles. The number of carbonyl (C=O) groups is 1. The SMILES string of the molecule is C#CCCCNc1nccc(NC(=O)N2c3nc(-c4cccc(C5(C(F)(F)F)NN5)c4)ccc3N3CC[C@H]2C3)n1. The predicted octanol–water partition coefficient (Wildman–Crippen LogP) is 3.82. The van der Waals surface area contributed by atoms with Crippen LogP contribution in [0.2, 0.25) is 0 Å². The maximum Gasteiger partial charge on any atom is 0.426 e. The highest BCUT2D eigenvalue weighted by Gasteiger charge is 2.65. The zero-order chi connectivity index (χ0) is 27.9. The summed E-state index contributed by atoms with van der Waals surface area (Å²) in [6.45, 7) is 2.03. The summed E-state index contributed by atoms with van der Waals surface area (Å²) < 4.78 is 41.0. The fourth-order valence-corrected chi connectivity index (χ4v) is 5.13. The Labute approximate surface area is 228 Å². The van der Waals surface area contributed by atoms with Crippen molar-refractivity contribution in [2.45, 2.75) is 37.1 Å². The number of carbonyl (C=O) groups excluding carboxylic acids is 1. The van der Waals surface area contributed by atoms with Gasteiger partial charge < -0.3 is 10.2 Å². The van der Waals surface area contributed by atoms with E-state index in [-0.39, 0.29) is 11.6 Å². The molecule has 0 radical (unpaired) electrons. The molecule has 3 aromatic rings. The average molecular weight is 550 g/mol. The van der Waals surface area contributed by atoms with Crippen molar-refractivity contribution in [3.63, 3.8) is 0 Å². The Morgan fingerprint density at radius 1 is 1.20 bits per heavy atom. The van der Waals surface area contributed by atoms with Crippen LogP contribution in [0.4, 0.5) is 41.2 Å². The number of rotatable bonds is 7. The number of fused-ring (bicyclic) bond motifs is 4. The van der Waals surface area contributed by atoms with Crippen molar-refractivity contribution in [3.05, 3.63) is 54.2 Å². The van der Waals surface area contributed by atoms with Gasteiger partial charge in [0.1, 0.15) is 5.82 Å². The van der Waals surface area contributed by atoms with Crippen LogP contribution in [0, 0.1) is 12.3 Å². The van der Waals surface area contributed by atoms with Gasteiger partial charge in [-0.25, -0.2) is 25.6 Å². The molecule has 0 unspecified atom stereocenters. The average Bonchev–Trinajstić information content (AvgIpc) is 3.68. The van der Waals surface area contributed by atoms with Crippen LogP contribution in [0.25, 0.3) is 11.3 Å². The van der Waals surface area contributed by atoms with E-state index in [2.05, 4.69) is 42.3 Å². The van der Waals surface area contributed by atoms with Gasteiger partial charge in [0.05, 0.1) is 17.4 Å². The lowest BCUT2D eigenvalue weighted by Gasteiger charge is -2.35. The normalized spacial score (nSPS) is 18.6. The van der Waals surface area contributed by atoms with Crippen LogP contribution < -0.4 is 31.3 Å². The van der Waals surface area contributed by atoms with Crippen molar-refractivity contribution in [2.24, 2.45) is 0 Å². The predicted molar refractivity (Wildman–Crippen MR) is 144 cm³/mol. The molecule has 0 saturated carbocycles. The Morgan fingerprint density at radius 2 is 2.05 bits per heavy atom. The second-order valence-corrected chi connectivity index (χ2v) is 9.81. The van der Waals surface area contributed by atoms with Crippen LogP contribution in [-0.2, 0) is 5.66 Å². The summed E-state index contributed by atoms with van der Waals surface area (Å²) >= 11 is 0. The summed E-state index contributed by atoms with van der Waals surface area (Å²) in [5.41, 5.74) is 3.97. The lowest BCUT2D eigenvalue weighted by Crippen LogP contribution is -2.48. The fraction of sp³-hybridized carbons (Fsp3) is 0.333. The third kappa shape index (κ3) is 4.65. The first-order valence-electron chi connectivity index (χ1n) is 12.9. The highest BCUT2D eigenvalue weighted by atomic mass is 19.4. The molecule has 10 nitrogen and oxygen atoms in total. The molecule has 2 amide bonds. The van der Waals surface area contributed by atoms with Gasteiger partial charge in [-0.2, -0.15) is 18.2 Å². The number of nitrogens with zero attached hydrogens (tertiary/aromatic N) is 5. The van der Waals surface area contributed by atoms with E-state index < -0.39 is 17.9 Å². The molecule has 1 atom stereocenters. The number of halogens is 3. The van der Waals surface area contributed by atoms with E-state index in [4.69, 9.17) is 11.4 Å². The number of pyridine rings is 1. The summed E-state index contributed by atoms with van der Waals surface area (Å²) in [4.78, 5) is 30.7. The topological polar surface area (TPSA) is 130 Å². The van der Waals surface area contributed by atoms with Crippen molar-refractivity contribution in [3.8, 4) is 23.6 Å². The second kappa shape index (κ2) is 9.96. The standard InChI is InChI=1S/C27H26F3N9O/c1-2-3-4-12-31-24-32-13-10-22(34-24)35-25(40)39-19-11-14-38(16-19)21-9-8-20(33-23(21)39)17-6-5-7-18(15-17)26(36-37-26)27(28,29)30/h1,5-10,13,15,19,36-37H,3-4,11-12,14,16H2,(H2,31,32,34,35,40)/t19-/m0/s1. The van der Waals surface area contributed by atoms with Gasteiger partial charge in [0.25, 0.3) is 0 Å². The van der Waals surface area contributed by atoms with Crippen LogP contribution in [0.1, 0.15) is 24.8 Å². The van der Waals surface area contributed by atoms with Gasteiger partial charge in [0.2, 0.25) is 11.6 Å². The van der Waals surface area contributed by atoms with Gasteiger partial charge in [0, 0.05) is 37.8 Å². The van der Waals surface area contributed by atoms with E-state index in [0.29, 0.717) is 48.4 Å². The maximum absolute atomic E-state index is 13.7. The molecule has 0 spiro atoms. The monoisotopic (exact) mass is 549 g/mol. The first kappa shape index (κ1) is 25.8. The van der Waals surface area contributed by atoms with E-state index in [1.54, 1.807) is 35.4 Å². The zero-order valence-electron chi connectivity index (χ0n) is 21.3. The molecule has 2 aromatic heterocycles. The Hall–Kier alpha value is -4.41. The molecule has 13 heteroatoms. The van der Waals surface area contributed by atoms with Crippen LogP contribution in [0.15, 0.2) is 48.7 Å². The van der Waals surface area contributed by atoms with Gasteiger partial charge in [-0.3, -0.25) is 10.2 Å². The molecule has 206 valence electrons. The van der Waals surface area contributed by atoms with Crippen LogP contribution in [0.3, 0.4) is 0 Å². The van der Waals surface area contributed by atoms with Gasteiger partial charge in [-0.1, -0.05) is 18.2 Å². The van der Waals surface area contributed by atoms with Crippen LogP contribution >= 0.6 is 0 Å². The quantitative estimate of drug-likeness (QED) is 0.199. The number of hydrogen-bond acceptors (Lipinski definition) is 8. The number of hydrazine groups is 1. The molecule has 2 saturated heterocycles. The molecular formula is C27H26F3N9O. The summed E-state index contributed by atoms with van der Waals surface area (Å²) in [7, 11) is 0. The fourth-order valence-electron chi connectivity index (χ4n) is 5.13. The van der Waals surface area contributed by atoms with Crippen molar-refractivity contribution >= 4 is 29.3 Å². The van der Waals surface area contributed by atoms with Crippen molar-refractivity contribution < 1.29 is 18.0 Å². The summed E-state index contributed by atoms with van der Waals surface area (Å²) in [6.07, 6.45) is 4.47. The number of anilines is 4. The number of benzene rings is 1. The number of hydrogen-bond donors (Lipinski definition) is 4. The van der Waals surface area contributed by atoms with Crippen molar-refractivity contribution in [1.29, 1.82) is 0 Å². The number of urea groups is 1. The molecular weight excluding hydrogens is 523 g/mol. The minimum absolute atomic E-state index is 0.0305. The number of nitrogens with one attached hydrogen (secondary N) is 4. The minimum Gasteiger partial charge on any atom is -0.366 e. The lowest BCUT2D eigenvalue weighted by molar-refractivity contribution is -0.165. The van der Waals surface area contributed by atoms with E-state index in [0.717, 1.165) is 25.1 Å². The van der Waals surface area contributed by atoms with Gasteiger partial charge >= 0.3 is 12.2 Å². The van der Waals surface area contributed by atoms with Crippen LogP contribution in [0.5, 0.6) is 0 Å². The number of terminal acetylenes is 1.